The number of nitrogens with one attached hydrogen (secondary N) is 2. The lowest BCUT2D eigenvalue weighted by molar-refractivity contribution is -0.148. The predicted molar refractivity (Wildman–Crippen MR) is 130 cm³/mol. The van der Waals surface area contributed by atoms with E-state index >= 15 is 0 Å². The third kappa shape index (κ3) is 4.62. The minimum absolute atomic E-state index is 0.0668. The molecule has 186 valence electrons. The second-order valence-corrected chi connectivity index (χ2v) is 10.2. The van der Waals surface area contributed by atoms with Gasteiger partial charge in [-0.25, -0.2) is 9.59 Å². The fourth-order valence-corrected chi connectivity index (χ4v) is 4.66. The molecule has 0 aromatic heterocycles. The van der Waals surface area contributed by atoms with Crippen LogP contribution in [0, 0.1) is 5.41 Å². The van der Waals surface area contributed by atoms with Crippen molar-refractivity contribution in [3.05, 3.63) is 59.7 Å². The third-order valence-corrected chi connectivity index (χ3v) is 7.54. The van der Waals surface area contributed by atoms with E-state index in [0.717, 1.165) is 22.3 Å². The van der Waals surface area contributed by atoms with Gasteiger partial charge in [-0.05, 0) is 56.4 Å². The van der Waals surface area contributed by atoms with Gasteiger partial charge in [0.1, 0.15) is 6.61 Å². The molecule has 0 unspecified atom stereocenters. The van der Waals surface area contributed by atoms with Crippen LogP contribution >= 0.6 is 0 Å². The summed E-state index contributed by atoms with van der Waals surface area (Å²) >= 11 is 0. The first-order chi connectivity index (χ1) is 16.5. The van der Waals surface area contributed by atoms with Crippen molar-refractivity contribution in [3.63, 3.8) is 0 Å². The summed E-state index contributed by atoms with van der Waals surface area (Å²) < 4.78 is 10.9. The van der Waals surface area contributed by atoms with Crippen LogP contribution in [0.2, 0.25) is 0 Å². The first kappa shape index (κ1) is 24.7. The number of hydrogen-bond donors (Lipinski definition) is 3. The Hall–Kier alpha value is -3.39. The Morgan fingerprint density at radius 1 is 1.00 bits per heavy atom. The van der Waals surface area contributed by atoms with E-state index in [1.54, 1.807) is 27.7 Å². The number of hydrogen-bond acceptors (Lipinski definition) is 5. The van der Waals surface area contributed by atoms with Crippen molar-refractivity contribution in [3.8, 4) is 11.1 Å². The number of aliphatic carboxylic acids is 1. The molecule has 0 saturated carbocycles. The molecule has 35 heavy (non-hydrogen) atoms. The SMILES string of the molecule is CC(C)(NC(=O)OCC1c2ccccc2-c2ccccc21)C(C)(C)C(=O)N[C@H]1CCO[C@H]1C(=O)O. The summed E-state index contributed by atoms with van der Waals surface area (Å²) in [6.07, 6.45) is -1.28. The topological polar surface area (TPSA) is 114 Å². The predicted octanol–water partition coefficient (Wildman–Crippen LogP) is 3.69. The van der Waals surface area contributed by atoms with Crippen LogP contribution in [0.25, 0.3) is 11.1 Å². The van der Waals surface area contributed by atoms with Crippen molar-refractivity contribution in [2.75, 3.05) is 13.2 Å². The minimum Gasteiger partial charge on any atom is -0.479 e. The fraction of sp³-hybridized carbons (Fsp3) is 0.444. The summed E-state index contributed by atoms with van der Waals surface area (Å²) in [5.41, 5.74) is 2.47. The number of amides is 2. The standard InChI is InChI=1S/C27H32N2O6/c1-26(2,24(32)28-21-13-14-34-22(21)23(30)31)27(3,4)29-25(33)35-15-20-18-11-7-5-9-16(18)17-10-6-8-12-19(17)20/h5-12,20-22H,13-15H2,1-4H3,(H,28,32)(H,29,33)(H,30,31)/t21-,22+/m0/s1. The highest BCUT2D eigenvalue weighted by Gasteiger charge is 2.47. The molecule has 4 rings (SSSR count). The van der Waals surface area contributed by atoms with Crippen LogP contribution in [0.4, 0.5) is 4.79 Å². The zero-order valence-corrected chi connectivity index (χ0v) is 20.5. The molecule has 2 amide bonds. The van der Waals surface area contributed by atoms with Crippen molar-refractivity contribution < 1.29 is 29.0 Å². The third-order valence-electron chi connectivity index (χ3n) is 7.54. The maximum absolute atomic E-state index is 13.1. The Balaban J connectivity index is 1.40. The molecule has 8 heteroatoms. The lowest BCUT2D eigenvalue weighted by Crippen LogP contribution is -2.61. The summed E-state index contributed by atoms with van der Waals surface area (Å²) in [7, 11) is 0. The van der Waals surface area contributed by atoms with Gasteiger partial charge in [0.05, 0.1) is 17.0 Å². The number of ether oxygens (including phenoxy) is 2. The summed E-state index contributed by atoms with van der Waals surface area (Å²) in [5, 5.41) is 14.9. The summed E-state index contributed by atoms with van der Waals surface area (Å²) in [5.74, 6) is -1.55. The van der Waals surface area contributed by atoms with Crippen LogP contribution in [-0.2, 0) is 19.1 Å². The van der Waals surface area contributed by atoms with E-state index in [1.807, 2.05) is 24.3 Å². The second kappa shape index (κ2) is 9.34. The van der Waals surface area contributed by atoms with Crippen molar-refractivity contribution >= 4 is 18.0 Å². The average Bonchev–Trinajstić information content (AvgIpc) is 3.40. The van der Waals surface area contributed by atoms with Gasteiger partial charge in [-0.2, -0.15) is 0 Å². The van der Waals surface area contributed by atoms with Gasteiger partial charge in [0, 0.05) is 12.5 Å². The van der Waals surface area contributed by atoms with E-state index < -0.39 is 35.2 Å². The molecule has 2 aromatic rings. The van der Waals surface area contributed by atoms with Crippen LogP contribution < -0.4 is 10.6 Å². The minimum atomic E-state index is -1.11. The van der Waals surface area contributed by atoms with Crippen LogP contribution in [-0.4, -0.2) is 54.0 Å². The molecule has 2 atom stereocenters. The van der Waals surface area contributed by atoms with Gasteiger partial charge in [0.15, 0.2) is 6.10 Å². The summed E-state index contributed by atoms with van der Waals surface area (Å²) in [4.78, 5) is 37.3. The molecule has 3 N–H and O–H groups in total. The van der Waals surface area contributed by atoms with E-state index in [0.29, 0.717) is 6.42 Å². The molecule has 1 fully saturated rings. The maximum atomic E-state index is 13.1. The Bertz CT molecular complexity index is 1100. The van der Waals surface area contributed by atoms with Crippen molar-refractivity contribution in [1.29, 1.82) is 0 Å². The zero-order chi connectivity index (χ0) is 25.4. The molecule has 1 heterocycles. The van der Waals surface area contributed by atoms with Crippen LogP contribution in [0.3, 0.4) is 0 Å². The fourth-order valence-electron chi connectivity index (χ4n) is 4.66. The van der Waals surface area contributed by atoms with E-state index in [1.165, 1.54) is 0 Å². The van der Waals surface area contributed by atoms with Crippen LogP contribution in [0.5, 0.6) is 0 Å². The molecule has 0 radical (unpaired) electrons. The van der Waals surface area contributed by atoms with Gasteiger partial charge in [0.2, 0.25) is 5.91 Å². The summed E-state index contributed by atoms with van der Waals surface area (Å²) in [6, 6.07) is 15.6. The average molecular weight is 481 g/mol. The normalized spacial score (nSPS) is 19.5. The Kier molecular flexibility index (Phi) is 6.60. The number of carbonyl (C=O) groups excluding carboxylic acids is 2. The number of rotatable bonds is 7. The smallest absolute Gasteiger partial charge is 0.407 e. The number of carboxylic acid groups (broad SMARTS) is 1. The Morgan fingerprint density at radius 3 is 2.14 bits per heavy atom. The number of alkyl carbamates (subject to hydrolysis) is 1. The van der Waals surface area contributed by atoms with Gasteiger partial charge < -0.3 is 25.2 Å². The molecular weight excluding hydrogens is 448 g/mol. The largest absolute Gasteiger partial charge is 0.479 e. The van der Waals surface area contributed by atoms with Crippen LogP contribution in [0.1, 0.15) is 51.2 Å². The van der Waals surface area contributed by atoms with Gasteiger partial charge in [-0.3, -0.25) is 4.79 Å². The number of carboxylic acids is 1. The quantitative estimate of drug-likeness (QED) is 0.557. The zero-order valence-electron chi connectivity index (χ0n) is 20.5. The highest BCUT2D eigenvalue weighted by Crippen LogP contribution is 2.44. The lowest BCUT2D eigenvalue weighted by atomic mass is 9.73. The molecule has 0 bridgehead atoms. The van der Waals surface area contributed by atoms with Crippen molar-refractivity contribution in [2.24, 2.45) is 5.41 Å². The first-order valence-corrected chi connectivity index (χ1v) is 11.8. The lowest BCUT2D eigenvalue weighted by Gasteiger charge is -2.41. The Morgan fingerprint density at radius 2 is 1.57 bits per heavy atom. The van der Waals surface area contributed by atoms with E-state index in [-0.39, 0.29) is 25.0 Å². The summed E-state index contributed by atoms with van der Waals surface area (Å²) in [6.45, 7) is 7.34. The second-order valence-electron chi connectivity index (χ2n) is 10.2. The Labute approximate surface area is 205 Å². The van der Waals surface area contributed by atoms with E-state index in [9.17, 15) is 19.5 Å². The highest BCUT2D eigenvalue weighted by atomic mass is 16.5. The van der Waals surface area contributed by atoms with Gasteiger partial charge in [-0.15, -0.1) is 0 Å². The molecule has 2 aromatic carbocycles. The molecule has 0 spiro atoms. The van der Waals surface area contributed by atoms with Crippen molar-refractivity contribution in [1.82, 2.24) is 10.6 Å². The van der Waals surface area contributed by atoms with Gasteiger partial charge in [-0.1, -0.05) is 48.5 Å². The van der Waals surface area contributed by atoms with Crippen molar-refractivity contribution in [2.45, 2.75) is 57.7 Å². The number of carbonyl (C=O) groups is 3. The molecule has 8 nitrogen and oxygen atoms in total. The molecular formula is C27H32N2O6. The highest BCUT2D eigenvalue weighted by molar-refractivity contribution is 5.86. The molecule has 1 aliphatic carbocycles. The van der Waals surface area contributed by atoms with E-state index in [4.69, 9.17) is 9.47 Å². The molecule has 1 aliphatic heterocycles. The van der Waals surface area contributed by atoms with Gasteiger partial charge in [0.25, 0.3) is 0 Å². The molecule has 1 saturated heterocycles. The number of fused-ring (bicyclic) bond motifs is 3. The number of benzene rings is 2. The molecule has 2 aliphatic rings. The monoisotopic (exact) mass is 480 g/mol. The van der Waals surface area contributed by atoms with Crippen LogP contribution in [0.15, 0.2) is 48.5 Å². The van der Waals surface area contributed by atoms with E-state index in [2.05, 4.69) is 34.9 Å². The maximum Gasteiger partial charge on any atom is 0.407 e. The first-order valence-electron chi connectivity index (χ1n) is 11.8. The van der Waals surface area contributed by atoms with Gasteiger partial charge >= 0.3 is 12.1 Å².